The molecule has 6 nitrogen and oxygen atoms in total. The number of carbonyl (C=O) groups is 1. The van der Waals surface area contributed by atoms with Crippen LogP contribution in [0.5, 0.6) is 0 Å². The molecule has 1 N–H and O–H groups in total. The summed E-state index contributed by atoms with van der Waals surface area (Å²) in [6.07, 6.45) is 11.4. The summed E-state index contributed by atoms with van der Waals surface area (Å²) in [5.74, 6) is -0.0581. The number of nitrogens with zero attached hydrogens (tertiary/aromatic N) is 4. The zero-order chi connectivity index (χ0) is 17.1. The molecule has 25 heavy (non-hydrogen) atoms. The average Bonchev–Trinajstić information content (AvgIpc) is 3.33. The average molecular weight is 339 g/mol. The van der Waals surface area contributed by atoms with Crippen molar-refractivity contribution in [2.45, 2.75) is 50.7 Å². The van der Waals surface area contributed by atoms with Gasteiger partial charge in [0, 0.05) is 44.3 Å². The van der Waals surface area contributed by atoms with Gasteiger partial charge in [0.1, 0.15) is 0 Å². The fourth-order valence-corrected chi connectivity index (χ4v) is 4.13. The fourth-order valence-electron chi connectivity index (χ4n) is 4.13. The van der Waals surface area contributed by atoms with Gasteiger partial charge in [-0.05, 0) is 37.5 Å². The second-order valence-corrected chi connectivity index (χ2v) is 7.07. The normalized spacial score (nSPS) is 21.2. The number of aromatic nitrogens is 3. The van der Waals surface area contributed by atoms with Crippen LogP contribution in [0.3, 0.4) is 0 Å². The Bertz CT molecular complexity index is 708. The number of rotatable bonds is 5. The van der Waals surface area contributed by atoms with Gasteiger partial charge in [0.15, 0.2) is 0 Å². The number of nitrogens with one attached hydrogen (secondary N) is 1. The Kier molecular flexibility index (Phi) is 4.78. The van der Waals surface area contributed by atoms with Crippen LogP contribution < -0.4 is 5.32 Å². The molecule has 1 saturated carbocycles. The van der Waals surface area contributed by atoms with Crippen molar-refractivity contribution < 1.29 is 4.79 Å². The number of carbonyl (C=O) groups excluding carboxylic acids is 1. The lowest BCUT2D eigenvalue weighted by Crippen LogP contribution is -2.43. The molecule has 0 unspecified atom stereocenters. The molecule has 3 heterocycles. The maximum Gasteiger partial charge on any atom is 0.252 e. The predicted octanol–water partition coefficient (Wildman–Crippen LogP) is 2.40. The van der Waals surface area contributed by atoms with Crippen molar-refractivity contribution in [3.8, 4) is 0 Å². The van der Waals surface area contributed by atoms with Crippen molar-refractivity contribution in [1.82, 2.24) is 25.0 Å². The largest absolute Gasteiger partial charge is 0.352 e. The summed E-state index contributed by atoms with van der Waals surface area (Å²) in [5.41, 5.74) is 1.90. The Labute approximate surface area is 148 Å². The lowest BCUT2D eigenvalue weighted by atomic mass is 10.1. The Morgan fingerprint density at radius 2 is 2.12 bits per heavy atom. The first kappa shape index (κ1) is 16.3. The van der Waals surface area contributed by atoms with E-state index in [1.165, 1.54) is 31.4 Å². The van der Waals surface area contributed by atoms with Crippen molar-refractivity contribution in [3.05, 3.63) is 48.0 Å². The Hall–Kier alpha value is -2.21. The van der Waals surface area contributed by atoms with E-state index in [-0.39, 0.29) is 5.91 Å². The molecule has 2 aliphatic rings. The summed E-state index contributed by atoms with van der Waals surface area (Å²) in [6.45, 7) is 2.68. The highest BCUT2D eigenvalue weighted by molar-refractivity contribution is 5.93. The topological polar surface area (TPSA) is 63.1 Å². The smallest absolute Gasteiger partial charge is 0.252 e. The highest BCUT2D eigenvalue weighted by atomic mass is 16.1. The zero-order valence-electron chi connectivity index (χ0n) is 14.5. The summed E-state index contributed by atoms with van der Waals surface area (Å²) < 4.78 is 2.15. The van der Waals surface area contributed by atoms with Gasteiger partial charge < -0.3 is 5.32 Å². The van der Waals surface area contributed by atoms with E-state index in [2.05, 4.69) is 31.0 Å². The molecule has 2 aromatic heterocycles. The predicted molar refractivity (Wildman–Crippen MR) is 95.1 cm³/mol. The quantitative estimate of drug-likeness (QED) is 0.908. The van der Waals surface area contributed by atoms with Crippen molar-refractivity contribution in [1.29, 1.82) is 0 Å². The minimum Gasteiger partial charge on any atom is -0.352 e. The fraction of sp³-hybridized carbons (Fsp3) is 0.526. The van der Waals surface area contributed by atoms with Crippen LogP contribution in [0, 0.1) is 0 Å². The van der Waals surface area contributed by atoms with Crippen LogP contribution in [0.2, 0.25) is 0 Å². The molecule has 4 rings (SSSR count). The van der Waals surface area contributed by atoms with E-state index in [0.717, 1.165) is 25.6 Å². The maximum atomic E-state index is 12.2. The first-order valence-corrected chi connectivity index (χ1v) is 9.26. The Morgan fingerprint density at radius 3 is 2.92 bits per heavy atom. The number of hydrogen-bond donors (Lipinski definition) is 1. The Balaban J connectivity index is 1.37. The molecule has 0 bridgehead atoms. The van der Waals surface area contributed by atoms with Crippen LogP contribution in [0.4, 0.5) is 0 Å². The van der Waals surface area contributed by atoms with Crippen LogP contribution in [0.1, 0.15) is 54.2 Å². The molecule has 0 aromatic carbocycles. The van der Waals surface area contributed by atoms with E-state index in [0.29, 0.717) is 18.2 Å². The van der Waals surface area contributed by atoms with Crippen LogP contribution in [0.25, 0.3) is 0 Å². The molecule has 6 heteroatoms. The van der Waals surface area contributed by atoms with Gasteiger partial charge >= 0.3 is 0 Å². The third-order valence-corrected chi connectivity index (χ3v) is 5.44. The van der Waals surface area contributed by atoms with Crippen molar-refractivity contribution in [3.63, 3.8) is 0 Å². The molecule has 1 amide bonds. The van der Waals surface area contributed by atoms with Gasteiger partial charge in [-0.25, -0.2) is 0 Å². The second kappa shape index (κ2) is 7.35. The highest BCUT2D eigenvalue weighted by Gasteiger charge is 2.31. The maximum absolute atomic E-state index is 12.2. The van der Waals surface area contributed by atoms with Crippen LogP contribution in [0.15, 0.2) is 36.8 Å². The minimum absolute atomic E-state index is 0.0581. The first-order valence-electron chi connectivity index (χ1n) is 9.26. The van der Waals surface area contributed by atoms with Gasteiger partial charge in [-0.3, -0.25) is 19.4 Å². The summed E-state index contributed by atoms with van der Waals surface area (Å²) in [4.78, 5) is 18.8. The van der Waals surface area contributed by atoms with E-state index in [4.69, 9.17) is 0 Å². The third-order valence-electron chi connectivity index (χ3n) is 5.44. The van der Waals surface area contributed by atoms with Crippen molar-refractivity contribution in [2.24, 2.45) is 0 Å². The molecular formula is C19H25N5O. The van der Waals surface area contributed by atoms with Gasteiger partial charge in [-0.1, -0.05) is 12.8 Å². The SMILES string of the molecule is O=C(NCC[C@@H]1CN(C2CCCC2)Cc2ccnn21)c1cccnc1. The number of fused-ring (bicyclic) bond motifs is 1. The van der Waals surface area contributed by atoms with E-state index in [9.17, 15) is 4.79 Å². The van der Waals surface area contributed by atoms with Crippen LogP contribution in [-0.4, -0.2) is 44.7 Å². The first-order chi connectivity index (χ1) is 12.3. The van der Waals surface area contributed by atoms with Gasteiger partial charge in [-0.15, -0.1) is 0 Å². The molecular weight excluding hydrogens is 314 g/mol. The number of amides is 1. The molecule has 1 aliphatic heterocycles. The van der Waals surface area contributed by atoms with Gasteiger partial charge in [-0.2, -0.15) is 5.10 Å². The summed E-state index contributed by atoms with van der Waals surface area (Å²) >= 11 is 0. The van der Waals surface area contributed by atoms with E-state index >= 15 is 0 Å². The zero-order valence-corrected chi connectivity index (χ0v) is 14.5. The van der Waals surface area contributed by atoms with Crippen LogP contribution >= 0.6 is 0 Å². The van der Waals surface area contributed by atoms with Gasteiger partial charge in [0.2, 0.25) is 0 Å². The van der Waals surface area contributed by atoms with Crippen molar-refractivity contribution in [2.75, 3.05) is 13.1 Å². The summed E-state index contributed by atoms with van der Waals surface area (Å²) in [5, 5.41) is 7.54. The molecule has 1 fully saturated rings. The molecule has 1 aliphatic carbocycles. The molecule has 0 radical (unpaired) electrons. The van der Waals surface area contributed by atoms with Crippen molar-refractivity contribution >= 4 is 5.91 Å². The van der Waals surface area contributed by atoms with Gasteiger partial charge in [0.25, 0.3) is 5.91 Å². The van der Waals surface area contributed by atoms with Crippen LogP contribution in [-0.2, 0) is 6.54 Å². The number of hydrogen-bond acceptors (Lipinski definition) is 4. The molecule has 0 spiro atoms. The highest BCUT2D eigenvalue weighted by Crippen LogP contribution is 2.30. The van der Waals surface area contributed by atoms with E-state index in [1.807, 2.05) is 6.20 Å². The number of pyridine rings is 1. The molecule has 2 aromatic rings. The Morgan fingerprint density at radius 1 is 1.24 bits per heavy atom. The monoisotopic (exact) mass is 339 g/mol. The minimum atomic E-state index is -0.0581. The molecule has 1 atom stereocenters. The third kappa shape index (κ3) is 3.58. The lowest BCUT2D eigenvalue weighted by Gasteiger charge is -2.37. The second-order valence-electron chi connectivity index (χ2n) is 7.07. The molecule has 0 saturated heterocycles. The summed E-state index contributed by atoms with van der Waals surface area (Å²) in [7, 11) is 0. The molecule has 132 valence electrons. The van der Waals surface area contributed by atoms with E-state index in [1.54, 1.807) is 24.5 Å². The standard InChI is InChI=1S/C19H25N5O/c25-19(15-4-3-9-20-12-15)21-10-7-17-13-23(16-5-1-2-6-16)14-18-8-11-22-24(17)18/h3-4,8-9,11-12,16-17H,1-2,5-7,10,13-14H2,(H,21,25)/t17-/m1/s1. The summed E-state index contributed by atoms with van der Waals surface area (Å²) in [6, 6.07) is 6.74. The lowest BCUT2D eigenvalue weighted by molar-refractivity contribution is 0.0939. The van der Waals surface area contributed by atoms with E-state index < -0.39 is 0 Å². The van der Waals surface area contributed by atoms with Gasteiger partial charge in [0.05, 0.1) is 17.3 Å².